The topological polar surface area (TPSA) is 66.8 Å². The number of carbonyl (C=O) groups excluding carboxylic acids is 1. The van der Waals surface area contributed by atoms with Crippen LogP contribution < -0.4 is 0 Å². The van der Waals surface area contributed by atoms with E-state index in [9.17, 15) is 19.1 Å². The van der Waals surface area contributed by atoms with Crippen LogP contribution in [-0.2, 0) is 22.6 Å². The number of allylic oxidation sites excluding steroid dienone is 2. The molecular weight excluding hydrogens is 493 g/mol. The molecule has 3 aromatic rings. The van der Waals surface area contributed by atoms with Gasteiger partial charge in [-0.25, -0.2) is 9.18 Å². The van der Waals surface area contributed by atoms with Gasteiger partial charge in [-0.2, -0.15) is 0 Å². The number of ether oxygens (including phenoxy) is 1. The fourth-order valence-electron chi connectivity index (χ4n) is 5.46. The molecule has 0 unspecified atom stereocenters. The summed E-state index contributed by atoms with van der Waals surface area (Å²) < 4.78 is 20.0. The number of rotatable bonds is 6. The third-order valence-electron chi connectivity index (χ3n) is 7.48. The summed E-state index contributed by atoms with van der Waals surface area (Å²) in [5, 5.41) is 10.4. The third kappa shape index (κ3) is 5.66. The largest absolute Gasteiger partial charge is 0.479 e. The predicted octanol–water partition coefficient (Wildman–Crippen LogP) is 7.49. The van der Waals surface area contributed by atoms with E-state index in [0.717, 1.165) is 44.5 Å². The van der Waals surface area contributed by atoms with Crippen LogP contribution in [0.2, 0.25) is 0 Å². The summed E-state index contributed by atoms with van der Waals surface area (Å²) in [6, 6.07) is 15.7. The monoisotopic (exact) mass is 529 g/mol. The van der Waals surface area contributed by atoms with E-state index in [-0.39, 0.29) is 11.5 Å². The highest BCUT2D eigenvalue weighted by Gasteiger charge is 2.36. The summed E-state index contributed by atoms with van der Waals surface area (Å²) >= 11 is 0. The number of hydrogen-bond donors (Lipinski definition) is 1. The van der Waals surface area contributed by atoms with E-state index in [0.29, 0.717) is 18.7 Å². The second kappa shape index (κ2) is 10.8. The number of hydrogen-bond acceptors (Lipinski definition) is 3. The zero-order valence-electron chi connectivity index (χ0n) is 23.7. The number of nitrogens with zero attached hydrogens (tertiary/aromatic N) is 1. The van der Waals surface area contributed by atoms with E-state index in [1.807, 2.05) is 78.8 Å². The lowest BCUT2D eigenvalue weighted by atomic mass is 9.81. The van der Waals surface area contributed by atoms with Crippen LogP contribution in [0, 0.1) is 19.7 Å². The number of carbonyl (C=O) groups is 2. The van der Waals surface area contributed by atoms with E-state index < -0.39 is 23.5 Å². The van der Waals surface area contributed by atoms with Gasteiger partial charge in [0.05, 0.1) is 5.60 Å². The molecule has 1 aliphatic heterocycles. The van der Waals surface area contributed by atoms with Gasteiger partial charge in [-0.3, -0.25) is 4.79 Å². The lowest BCUT2D eigenvalue weighted by molar-refractivity contribution is -0.160. The van der Waals surface area contributed by atoms with Gasteiger partial charge in [0, 0.05) is 24.2 Å². The summed E-state index contributed by atoms with van der Waals surface area (Å²) in [4.78, 5) is 27.7. The minimum absolute atomic E-state index is 0.263. The highest BCUT2D eigenvalue weighted by molar-refractivity contribution is 5.96. The second-order valence-electron chi connectivity index (χ2n) is 11.2. The van der Waals surface area contributed by atoms with Crippen molar-refractivity contribution in [1.82, 2.24) is 4.90 Å². The molecule has 3 aromatic carbocycles. The van der Waals surface area contributed by atoms with Gasteiger partial charge in [-0.15, -0.1) is 0 Å². The van der Waals surface area contributed by atoms with Crippen LogP contribution in [0.15, 0.2) is 54.6 Å². The Hall–Kier alpha value is -3.77. The first-order valence-electron chi connectivity index (χ1n) is 13.1. The van der Waals surface area contributed by atoms with Crippen LogP contribution in [0.1, 0.15) is 90.0 Å². The minimum atomic E-state index is -1.20. The van der Waals surface area contributed by atoms with Crippen LogP contribution in [0.4, 0.5) is 4.39 Å². The standard InChI is InChI=1S/C33H36FNO4/c1-19(23-12-9-8-10-13-23)20(2)28-21(3)26-17-35(31(36)24-14-11-15-25(34)16-24)18-27(26)22(4)29(28)30(32(37)38)39-33(5,6)7/h8-16,30H,17-18H2,1-7H3,(H,37,38)/t30-/m0/s1. The Kier molecular flexibility index (Phi) is 7.80. The van der Waals surface area contributed by atoms with Gasteiger partial charge < -0.3 is 14.7 Å². The quantitative estimate of drug-likeness (QED) is 0.336. The maximum atomic E-state index is 13.9. The highest BCUT2D eigenvalue weighted by atomic mass is 19.1. The van der Waals surface area contributed by atoms with Crippen LogP contribution >= 0.6 is 0 Å². The Bertz CT molecular complexity index is 1470. The number of carboxylic acid groups (broad SMARTS) is 1. The molecule has 5 nitrogen and oxygen atoms in total. The smallest absolute Gasteiger partial charge is 0.337 e. The Morgan fingerprint density at radius 2 is 1.49 bits per heavy atom. The van der Waals surface area contributed by atoms with Crippen LogP contribution in [0.3, 0.4) is 0 Å². The van der Waals surface area contributed by atoms with Crippen molar-refractivity contribution in [3.8, 4) is 0 Å². The van der Waals surface area contributed by atoms with E-state index >= 15 is 0 Å². The number of amides is 1. The zero-order valence-corrected chi connectivity index (χ0v) is 23.7. The molecular formula is C33H36FNO4. The maximum Gasteiger partial charge on any atom is 0.337 e. The Morgan fingerprint density at radius 1 is 0.897 bits per heavy atom. The molecule has 0 spiro atoms. The first-order chi connectivity index (χ1) is 18.3. The number of halogens is 1. The second-order valence-corrected chi connectivity index (χ2v) is 11.2. The van der Waals surface area contributed by atoms with Crippen molar-refractivity contribution in [2.45, 2.75) is 73.3 Å². The molecule has 0 radical (unpaired) electrons. The van der Waals surface area contributed by atoms with Crippen molar-refractivity contribution in [2.75, 3.05) is 0 Å². The van der Waals surface area contributed by atoms with E-state index in [4.69, 9.17) is 4.74 Å². The molecule has 1 atom stereocenters. The molecule has 204 valence electrons. The minimum Gasteiger partial charge on any atom is -0.479 e. The molecule has 4 rings (SSSR count). The van der Waals surface area contributed by atoms with Gasteiger partial charge in [0.2, 0.25) is 0 Å². The van der Waals surface area contributed by atoms with E-state index in [1.54, 1.807) is 11.0 Å². The third-order valence-corrected chi connectivity index (χ3v) is 7.48. The molecule has 0 aromatic heterocycles. The molecule has 1 N–H and O–H groups in total. The van der Waals surface area contributed by atoms with Crippen LogP contribution in [-0.4, -0.2) is 27.5 Å². The number of carboxylic acids is 1. The van der Waals surface area contributed by atoms with Crippen molar-refractivity contribution in [3.05, 3.63) is 105 Å². The lowest BCUT2D eigenvalue weighted by Gasteiger charge is -2.30. The summed E-state index contributed by atoms with van der Waals surface area (Å²) in [5.74, 6) is -1.79. The first-order valence-corrected chi connectivity index (χ1v) is 13.1. The van der Waals surface area contributed by atoms with Gasteiger partial charge in [-0.1, -0.05) is 36.4 Å². The Morgan fingerprint density at radius 3 is 2.05 bits per heavy atom. The van der Waals surface area contributed by atoms with Crippen LogP contribution in [0.5, 0.6) is 0 Å². The number of aliphatic carboxylic acids is 1. The molecule has 6 heteroatoms. The molecule has 0 aliphatic carbocycles. The average Bonchev–Trinajstić information content (AvgIpc) is 3.34. The maximum absolute atomic E-state index is 13.9. The lowest BCUT2D eigenvalue weighted by Crippen LogP contribution is -2.29. The molecule has 1 aliphatic rings. The van der Waals surface area contributed by atoms with Crippen molar-refractivity contribution >= 4 is 23.0 Å². The molecule has 0 saturated heterocycles. The summed E-state index contributed by atoms with van der Waals surface area (Å²) in [5.41, 5.74) is 7.72. The van der Waals surface area contributed by atoms with Gasteiger partial charge in [-0.05, 0) is 111 Å². The molecule has 39 heavy (non-hydrogen) atoms. The Labute approximate surface area is 229 Å². The van der Waals surface area contributed by atoms with E-state index in [2.05, 4.69) is 0 Å². The van der Waals surface area contributed by atoms with Crippen LogP contribution in [0.25, 0.3) is 11.1 Å². The van der Waals surface area contributed by atoms with Crippen molar-refractivity contribution < 1.29 is 23.8 Å². The SMILES string of the molecule is CC(=C(C)c1c(C)c2c(c(C)c1[C@H](OC(C)(C)C)C(=O)O)CN(C(=O)c1cccc(F)c1)C2)c1ccccc1. The van der Waals surface area contributed by atoms with Gasteiger partial charge in [0.1, 0.15) is 5.82 Å². The molecule has 1 heterocycles. The fourth-order valence-corrected chi connectivity index (χ4v) is 5.46. The summed E-state index contributed by atoms with van der Waals surface area (Å²) in [6.07, 6.45) is -1.20. The predicted molar refractivity (Wildman–Crippen MR) is 152 cm³/mol. The summed E-state index contributed by atoms with van der Waals surface area (Å²) in [6.45, 7) is 14.2. The normalized spacial score (nSPS) is 14.6. The van der Waals surface area contributed by atoms with E-state index in [1.165, 1.54) is 18.2 Å². The van der Waals surface area contributed by atoms with Crippen molar-refractivity contribution in [3.63, 3.8) is 0 Å². The average molecular weight is 530 g/mol. The van der Waals surface area contributed by atoms with Gasteiger partial charge in [0.15, 0.2) is 6.10 Å². The fraction of sp³-hybridized carbons (Fsp3) is 0.333. The molecule has 0 bridgehead atoms. The van der Waals surface area contributed by atoms with Crippen molar-refractivity contribution in [2.24, 2.45) is 0 Å². The zero-order chi connectivity index (χ0) is 28.6. The Balaban J connectivity index is 1.93. The number of benzene rings is 3. The van der Waals surface area contributed by atoms with Gasteiger partial charge in [0.25, 0.3) is 5.91 Å². The molecule has 0 saturated carbocycles. The number of fused-ring (bicyclic) bond motifs is 1. The summed E-state index contributed by atoms with van der Waals surface area (Å²) in [7, 11) is 0. The molecule has 0 fully saturated rings. The first kappa shape index (κ1) is 28.2. The molecule has 1 amide bonds. The van der Waals surface area contributed by atoms with Crippen molar-refractivity contribution in [1.29, 1.82) is 0 Å². The van der Waals surface area contributed by atoms with Gasteiger partial charge >= 0.3 is 5.97 Å². The highest BCUT2D eigenvalue weighted by Crippen LogP contribution is 2.43.